The number of aromatic nitrogens is 3. The Kier molecular flexibility index (Phi) is 5.32. The minimum atomic E-state index is -0.695. The number of nitrogens with zero attached hydrogens (tertiary/aromatic N) is 5. The highest BCUT2D eigenvalue weighted by molar-refractivity contribution is 6.05. The molecule has 3 aliphatic rings. The molecule has 0 saturated carbocycles. The Morgan fingerprint density at radius 2 is 1.91 bits per heavy atom. The number of benzene rings is 1. The third-order valence-electron chi connectivity index (χ3n) is 7.42. The van der Waals surface area contributed by atoms with Gasteiger partial charge in [0.05, 0.1) is 0 Å². The Balaban J connectivity index is 1.13. The summed E-state index contributed by atoms with van der Waals surface area (Å²) in [5.41, 5.74) is 3.70. The van der Waals surface area contributed by atoms with Crippen molar-refractivity contribution in [2.24, 2.45) is 0 Å². The molecule has 0 spiro atoms. The molecule has 35 heavy (non-hydrogen) atoms. The lowest BCUT2D eigenvalue weighted by Crippen LogP contribution is -2.52. The minimum Gasteiger partial charge on any atom is -0.322 e. The van der Waals surface area contributed by atoms with Gasteiger partial charge in [-0.05, 0) is 73.2 Å². The molecule has 0 bridgehead atoms. The van der Waals surface area contributed by atoms with Crippen molar-refractivity contribution in [2.45, 2.75) is 50.7 Å². The quantitative estimate of drug-likeness (QED) is 0.579. The average Bonchev–Trinajstić information content (AvgIpc) is 3.43. The molecule has 0 radical (unpaired) electrons. The van der Waals surface area contributed by atoms with Crippen LogP contribution in [0.3, 0.4) is 0 Å². The normalized spacial score (nSPS) is 21.6. The van der Waals surface area contributed by atoms with Crippen molar-refractivity contribution in [2.75, 3.05) is 13.1 Å². The maximum atomic E-state index is 15.1. The van der Waals surface area contributed by atoms with E-state index in [1.807, 2.05) is 24.4 Å². The van der Waals surface area contributed by atoms with Crippen LogP contribution in [-0.2, 0) is 22.7 Å². The van der Waals surface area contributed by atoms with Gasteiger partial charge in [-0.2, -0.15) is 5.10 Å². The zero-order valence-corrected chi connectivity index (χ0v) is 19.1. The molecule has 2 fully saturated rings. The molecule has 1 unspecified atom stereocenters. The summed E-state index contributed by atoms with van der Waals surface area (Å²) >= 11 is 0. The van der Waals surface area contributed by atoms with E-state index in [0.717, 1.165) is 43.7 Å². The average molecular weight is 477 g/mol. The van der Waals surface area contributed by atoms with Crippen molar-refractivity contribution in [1.29, 1.82) is 0 Å². The van der Waals surface area contributed by atoms with E-state index in [-0.39, 0.29) is 36.5 Å². The second-order valence-corrected chi connectivity index (χ2v) is 9.58. The van der Waals surface area contributed by atoms with Gasteiger partial charge in [-0.1, -0.05) is 6.07 Å². The number of rotatable bonds is 4. The fourth-order valence-corrected chi connectivity index (χ4v) is 5.54. The van der Waals surface area contributed by atoms with Crippen LogP contribution in [0.1, 0.15) is 58.6 Å². The first kappa shape index (κ1) is 21.8. The summed E-state index contributed by atoms with van der Waals surface area (Å²) < 4.78 is 16.9. The summed E-state index contributed by atoms with van der Waals surface area (Å²) in [4.78, 5) is 44.7. The first-order valence-electron chi connectivity index (χ1n) is 11.9. The largest absolute Gasteiger partial charge is 0.322 e. The van der Waals surface area contributed by atoms with E-state index in [0.29, 0.717) is 17.5 Å². The summed E-state index contributed by atoms with van der Waals surface area (Å²) in [6.07, 6.45) is 5.59. The summed E-state index contributed by atoms with van der Waals surface area (Å²) in [6, 6.07) is 6.52. The van der Waals surface area contributed by atoms with Gasteiger partial charge in [0.1, 0.15) is 18.2 Å². The lowest BCUT2D eigenvalue weighted by Gasteiger charge is -2.32. The van der Waals surface area contributed by atoms with Gasteiger partial charge in [0.15, 0.2) is 5.65 Å². The number of carbonyl (C=O) groups excluding carboxylic acids is 3. The number of imide groups is 1. The second kappa shape index (κ2) is 8.53. The van der Waals surface area contributed by atoms with Gasteiger partial charge in [-0.25, -0.2) is 13.9 Å². The van der Waals surface area contributed by atoms with Crippen LogP contribution in [-0.4, -0.2) is 61.3 Å². The van der Waals surface area contributed by atoms with E-state index in [9.17, 15) is 14.4 Å². The van der Waals surface area contributed by atoms with Gasteiger partial charge in [-0.15, -0.1) is 0 Å². The van der Waals surface area contributed by atoms with Crippen molar-refractivity contribution < 1.29 is 18.8 Å². The number of hydrogen-bond acceptors (Lipinski definition) is 6. The lowest BCUT2D eigenvalue weighted by atomic mass is 9.87. The predicted molar refractivity (Wildman–Crippen MR) is 123 cm³/mol. The van der Waals surface area contributed by atoms with Gasteiger partial charge in [0, 0.05) is 31.3 Å². The number of amides is 3. The molecular weight excluding hydrogens is 451 g/mol. The SMILES string of the molecule is O=C1CCC(N2Cc3cc(C4CCN(Cc5ccn6ncnc6c5)CC4)c(F)cc3C2=O)C(=O)N1. The van der Waals surface area contributed by atoms with E-state index in [1.165, 1.54) is 22.9 Å². The molecule has 2 aromatic heterocycles. The van der Waals surface area contributed by atoms with Gasteiger partial charge >= 0.3 is 0 Å². The highest BCUT2D eigenvalue weighted by Crippen LogP contribution is 2.35. The molecule has 1 N–H and O–H groups in total. The van der Waals surface area contributed by atoms with E-state index in [4.69, 9.17) is 0 Å². The fourth-order valence-electron chi connectivity index (χ4n) is 5.54. The molecule has 180 valence electrons. The first-order chi connectivity index (χ1) is 17.0. The molecule has 1 aromatic carbocycles. The maximum Gasteiger partial charge on any atom is 0.255 e. The van der Waals surface area contributed by atoms with Crippen molar-refractivity contribution >= 4 is 23.4 Å². The number of pyridine rings is 1. The van der Waals surface area contributed by atoms with Gasteiger partial charge in [0.25, 0.3) is 5.91 Å². The van der Waals surface area contributed by atoms with Crippen LogP contribution in [0, 0.1) is 5.82 Å². The molecule has 3 aliphatic heterocycles. The summed E-state index contributed by atoms with van der Waals surface area (Å²) in [5, 5.41) is 6.42. The Morgan fingerprint density at radius 1 is 1.09 bits per heavy atom. The third-order valence-corrected chi connectivity index (χ3v) is 7.42. The van der Waals surface area contributed by atoms with Crippen LogP contribution in [0.5, 0.6) is 0 Å². The molecule has 3 amide bonds. The van der Waals surface area contributed by atoms with Crippen LogP contribution in [0.2, 0.25) is 0 Å². The third kappa shape index (κ3) is 3.97. The minimum absolute atomic E-state index is 0.0790. The smallest absolute Gasteiger partial charge is 0.255 e. The van der Waals surface area contributed by atoms with E-state index >= 15 is 4.39 Å². The number of likely N-dealkylation sites (tertiary alicyclic amines) is 1. The number of nitrogens with one attached hydrogen (secondary N) is 1. The van der Waals surface area contributed by atoms with Gasteiger partial charge < -0.3 is 4.90 Å². The Bertz CT molecular complexity index is 1350. The molecule has 6 rings (SSSR count). The monoisotopic (exact) mass is 476 g/mol. The van der Waals surface area contributed by atoms with E-state index in [2.05, 4.69) is 20.3 Å². The van der Waals surface area contributed by atoms with Crippen LogP contribution in [0.25, 0.3) is 5.65 Å². The predicted octanol–water partition coefficient (Wildman–Crippen LogP) is 2.01. The zero-order valence-electron chi connectivity index (χ0n) is 19.1. The Hall–Kier alpha value is -3.66. The molecule has 1 atom stereocenters. The molecule has 2 saturated heterocycles. The second-order valence-electron chi connectivity index (χ2n) is 9.58. The molecule has 9 nitrogen and oxygen atoms in total. The number of piperidine rings is 2. The molecular formula is C25H25FN6O3. The van der Waals surface area contributed by atoms with Crippen LogP contribution in [0.15, 0.2) is 36.8 Å². The summed E-state index contributed by atoms with van der Waals surface area (Å²) in [7, 11) is 0. The van der Waals surface area contributed by atoms with Crippen molar-refractivity contribution in [3.05, 3.63) is 64.9 Å². The van der Waals surface area contributed by atoms with Gasteiger partial charge in [-0.3, -0.25) is 24.6 Å². The molecule has 3 aromatic rings. The fraction of sp³-hybridized carbons (Fsp3) is 0.400. The molecule has 0 aliphatic carbocycles. The molecule has 5 heterocycles. The summed E-state index contributed by atoms with van der Waals surface area (Å²) in [6.45, 7) is 2.76. The van der Waals surface area contributed by atoms with Crippen LogP contribution >= 0.6 is 0 Å². The van der Waals surface area contributed by atoms with E-state index in [1.54, 1.807) is 4.52 Å². The highest BCUT2D eigenvalue weighted by atomic mass is 19.1. The first-order valence-corrected chi connectivity index (χ1v) is 11.9. The zero-order chi connectivity index (χ0) is 24.1. The molecule has 10 heteroatoms. The number of fused-ring (bicyclic) bond motifs is 2. The summed E-state index contributed by atoms with van der Waals surface area (Å²) in [5.74, 6) is -1.42. The van der Waals surface area contributed by atoms with Crippen molar-refractivity contribution in [3.63, 3.8) is 0 Å². The van der Waals surface area contributed by atoms with Crippen LogP contribution in [0.4, 0.5) is 4.39 Å². The Labute approximate surface area is 200 Å². The number of carbonyl (C=O) groups is 3. The van der Waals surface area contributed by atoms with Crippen molar-refractivity contribution in [3.8, 4) is 0 Å². The van der Waals surface area contributed by atoms with Crippen molar-refractivity contribution in [1.82, 2.24) is 29.7 Å². The van der Waals surface area contributed by atoms with E-state index < -0.39 is 11.9 Å². The highest BCUT2D eigenvalue weighted by Gasteiger charge is 2.40. The topological polar surface area (TPSA) is 99.9 Å². The van der Waals surface area contributed by atoms with Crippen LogP contribution < -0.4 is 5.32 Å². The van der Waals surface area contributed by atoms with Gasteiger partial charge in [0.2, 0.25) is 11.8 Å². The number of halogens is 1. The Morgan fingerprint density at radius 3 is 2.71 bits per heavy atom. The maximum absolute atomic E-state index is 15.1. The standard InChI is InChI=1S/C25H25FN6O3/c26-20-11-19-17(13-31(25(19)35)21-1-2-23(33)29-24(21)34)10-18(20)16-4-6-30(7-5-16)12-15-3-8-32-22(9-15)27-14-28-32/h3,8-11,14,16,21H,1-2,4-7,12-13H2,(H,29,33,34). The lowest BCUT2D eigenvalue weighted by molar-refractivity contribution is -0.136. The number of hydrogen-bond donors (Lipinski definition) is 1.